The molecule has 1 N–H and O–H groups in total. The molecular weight excluding hydrogens is 346 g/mol. The predicted molar refractivity (Wildman–Crippen MR) is 101 cm³/mol. The second-order valence-electron chi connectivity index (χ2n) is 7.56. The van der Waals surface area contributed by atoms with Crippen LogP contribution < -0.4 is 4.74 Å². The number of carbonyl (C=O) groups is 2. The van der Waals surface area contributed by atoms with Gasteiger partial charge in [0.15, 0.2) is 11.5 Å². The summed E-state index contributed by atoms with van der Waals surface area (Å²) in [6.45, 7) is 4.91. The summed E-state index contributed by atoms with van der Waals surface area (Å²) in [5.41, 5.74) is 0.928. The number of amides is 1. The van der Waals surface area contributed by atoms with E-state index in [0.29, 0.717) is 18.9 Å². The molecule has 0 bridgehead atoms. The first-order valence-electron chi connectivity index (χ1n) is 9.45. The topological polar surface area (TPSA) is 76.1 Å². The number of rotatable bonds is 7. The first-order valence-corrected chi connectivity index (χ1v) is 9.45. The van der Waals surface area contributed by atoms with Gasteiger partial charge in [-0.2, -0.15) is 0 Å². The van der Waals surface area contributed by atoms with Crippen LogP contribution in [0.3, 0.4) is 0 Å². The molecule has 6 heteroatoms. The van der Waals surface area contributed by atoms with Crippen LogP contribution in [0.25, 0.3) is 0 Å². The maximum absolute atomic E-state index is 12.9. The van der Waals surface area contributed by atoms with Crippen LogP contribution in [0, 0.1) is 5.92 Å². The quantitative estimate of drug-likeness (QED) is 0.794. The molecule has 1 aromatic rings. The Kier molecular flexibility index (Phi) is 5.85. The zero-order valence-electron chi connectivity index (χ0n) is 16.1. The highest BCUT2D eigenvalue weighted by Gasteiger charge is 2.44. The molecule has 3 rings (SSSR count). The predicted octanol–water partition coefficient (Wildman–Crippen LogP) is 3.18. The minimum absolute atomic E-state index is 0.0746. The van der Waals surface area contributed by atoms with Crippen molar-refractivity contribution in [3.63, 3.8) is 0 Å². The Bertz CT molecular complexity index is 749. The molecule has 2 atom stereocenters. The summed E-state index contributed by atoms with van der Waals surface area (Å²) >= 11 is 0. The van der Waals surface area contributed by atoms with Gasteiger partial charge < -0.3 is 19.5 Å². The summed E-state index contributed by atoms with van der Waals surface area (Å²) in [5, 5.41) is 10.5. The number of aliphatic hydroxyl groups is 1. The molecule has 2 unspecified atom stereocenters. The second kappa shape index (κ2) is 8.13. The van der Waals surface area contributed by atoms with Crippen molar-refractivity contribution in [2.45, 2.75) is 45.3 Å². The average Bonchev–Trinajstić information content (AvgIpc) is 3.23. The van der Waals surface area contributed by atoms with E-state index in [2.05, 4.69) is 0 Å². The highest BCUT2D eigenvalue weighted by molar-refractivity contribution is 6.09. The number of ketones is 1. The fraction of sp³-hybridized carbons (Fsp3) is 0.524. The molecule has 0 aromatic heterocycles. The van der Waals surface area contributed by atoms with E-state index in [1.807, 2.05) is 38.1 Å². The van der Waals surface area contributed by atoms with Gasteiger partial charge in [-0.1, -0.05) is 26.0 Å². The lowest BCUT2D eigenvalue weighted by Gasteiger charge is -2.29. The monoisotopic (exact) mass is 373 g/mol. The summed E-state index contributed by atoms with van der Waals surface area (Å²) < 4.78 is 11.0. The standard InChI is InChI=1S/C21H27NO5/c1-13(2)10-17(23)18-19(14-6-4-7-15(11-14)26-3)22(21(25)20(18)24)12-16-8-5-9-27-16/h4,6-7,11,13,16,19,24H,5,8-10,12H2,1-3H3. The minimum Gasteiger partial charge on any atom is -0.503 e. The Morgan fingerprint density at radius 1 is 1.41 bits per heavy atom. The number of carbonyl (C=O) groups excluding carboxylic acids is 2. The Labute approximate surface area is 159 Å². The minimum atomic E-state index is -0.622. The molecule has 1 saturated heterocycles. The molecule has 6 nitrogen and oxygen atoms in total. The highest BCUT2D eigenvalue weighted by atomic mass is 16.5. The van der Waals surface area contributed by atoms with E-state index < -0.39 is 17.7 Å². The molecule has 0 spiro atoms. The molecule has 146 valence electrons. The van der Waals surface area contributed by atoms with Crippen LogP contribution in [0.15, 0.2) is 35.6 Å². The Morgan fingerprint density at radius 3 is 2.81 bits per heavy atom. The van der Waals surface area contributed by atoms with Crippen molar-refractivity contribution in [2.75, 3.05) is 20.3 Å². The summed E-state index contributed by atoms with van der Waals surface area (Å²) in [6, 6.07) is 6.67. The lowest BCUT2D eigenvalue weighted by atomic mass is 9.92. The van der Waals surface area contributed by atoms with Gasteiger partial charge in [-0.3, -0.25) is 9.59 Å². The van der Waals surface area contributed by atoms with Crippen LogP contribution in [-0.2, 0) is 14.3 Å². The van der Waals surface area contributed by atoms with Crippen LogP contribution in [0.4, 0.5) is 0 Å². The van der Waals surface area contributed by atoms with Gasteiger partial charge in [0, 0.05) is 19.6 Å². The van der Waals surface area contributed by atoms with Crippen LogP contribution >= 0.6 is 0 Å². The molecule has 2 heterocycles. The third-order valence-corrected chi connectivity index (χ3v) is 5.03. The molecule has 2 aliphatic heterocycles. The molecule has 2 aliphatic rings. The zero-order valence-corrected chi connectivity index (χ0v) is 16.1. The first-order chi connectivity index (χ1) is 12.9. The number of hydrogen-bond donors (Lipinski definition) is 1. The SMILES string of the molecule is COc1cccc(C2C(C(=O)CC(C)C)=C(O)C(=O)N2CC2CCCO2)c1. The smallest absolute Gasteiger partial charge is 0.290 e. The second-order valence-corrected chi connectivity index (χ2v) is 7.56. The summed E-state index contributed by atoms with van der Waals surface area (Å²) in [7, 11) is 1.57. The van der Waals surface area contributed by atoms with E-state index >= 15 is 0 Å². The zero-order chi connectivity index (χ0) is 19.6. The van der Waals surface area contributed by atoms with E-state index in [1.165, 1.54) is 0 Å². The molecule has 1 aromatic carbocycles. The van der Waals surface area contributed by atoms with Crippen LogP contribution in [0.5, 0.6) is 5.75 Å². The van der Waals surface area contributed by atoms with Gasteiger partial charge in [0.2, 0.25) is 0 Å². The third-order valence-electron chi connectivity index (χ3n) is 5.03. The van der Waals surface area contributed by atoms with E-state index in [4.69, 9.17) is 9.47 Å². The van der Waals surface area contributed by atoms with E-state index in [1.54, 1.807) is 12.0 Å². The van der Waals surface area contributed by atoms with Crippen molar-refractivity contribution in [3.05, 3.63) is 41.2 Å². The fourth-order valence-corrected chi connectivity index (χ4v) is 3.77. The number of Topliss-reactive ketones (excluding diaryl/α,β-unsaturated/α-hetero) is 1. The number of ether oxygens (including phenoxy) is 2. The molecule has 0 radical (unpaired) electrons. The van der Waals surface area contributed by atoms with Gasteiger partial charge in [-0.25, -0.2) is 0 Å². The Morgan fingerprint density at radius 2 is 2.19 bits per heavy atom. The van der Waals surface area contributed by atoms with Crippen molar-refractivity contribution < 1.29 is 24.2 Å². The average molecular weight is 373 g/mol. The van der Waals surface area contributed by atoms with Crippen LogP contribution in [-0.4, -0.2) is 48.1 Å². The number of aliphatic hydroxyl groups excluding tert-OH is 1. The molecule has 1 fully saturated rings. The van der Waals surface area contributed by atoms with Crippen molar-refractivity contribution in [1.82, 2.24) is 4.90 Å². The maximum atomic E-state index is 12.9. The highest BCUT2D eigenvalue weighted by Crippen LogP contribution is 2.40. The number of hydrogen-bond acceptors (Lipinski definition) is 5. The number of nitrogens with zero attached hydrogens (tertiary/aromatic N) is 1. The van der Waals surface area contributed by atoms with Crippen molar-refractivity contribution in [1.29, 1.82) is 0 Å². The van der Waals surface area contributed by atoms with Crippen molar-refractivity contribution in [3.8, 4) is 5.75 Å². The normalized spacial score (nSPS) is 22.8. The molecule has 1 amide bonds. The van der Waals surface area contributed by atoms with Gasteiger partial charge in [0.1, 0.15) is 5.75 Å². The van der Waals surface area contributed by atoms with Crippen molar-refractivity contribution >= 4 is 11.7 Å². The summed E-state index contributed by atoms with van der Waals surface area (Å²) in [6.07, 6.45) is 2.02. The molecule has 0 saturated carbocycles. The Hall–Kier alpha value is -2.34. The first kappa shape index (κ1) is 19.4. The lowest BCUT2D eigenvalue weighted by molar-refractivity contribution is -0.131. The van der Waals surface area contributed by atoms with Crippen molar-refractivity contribution in [2.24, 2.45) is 5.92 Å². The molecule has 27 heavy (non-hydrogen) atoms. The van der Waals surface area contributed by atoms with E-state index in [-0.39, 0.29) is 29.8 Å². The molecule has 0 aliphatic carbocycles. The van der Waals surface area contributed by atoms with Crippen LogP contribution in [0.2, 0.25) is 0 Å². The fourth-order valence-electron chi connectivity index (χ4n) is 3.77. The molecular formula is C21H27NO5. The van der Waals surface area contributed by atoms with Crippen LogP contribution in [0.1, 0.15) is 44.7 Å². The summed E-state index contributed by atoms with van der Waals surface area (Å²) in [5.74, 6) is -0.374. The van der Waals surface area contributed by atoms with E-state index in [9.17, 15) is 14.7 Å². The Balaban J connectivity index is 2.00. The lowest BCUT2D eigenvalue weighted by Crippen LogP contribution is -2.37. The maximum Gasteiger partial charge on any atom is 0.290 e. The van der Waals surface area contributed by atoms with Gasteiger partial charge in [0.05, 0.1) is 24.8 Å². The largest absolute Gasteiger partial charge is 0.503 e. The van der Waals surface area contributed by atoms with Gasteiger partial charge >= 0.3 is 0 Å². The summed E-state index contributed by atoms with van der Waals surface area (Å²) in [4.78, 5) is 27.2. The number of benzene rings is 1. The van der Waals surface area contributed by atoms with Gasteiger partial charge in [0.25, 0.3) is 5.91 Å². The van der Waals surface area contributed by atoms with Gasteiger partial charge in [-0.15, -0.1) is 0 Å². The third kappa shape index (κ3) is 4.00. The van der Waals surface area contributed by atoms with E-state index in [0.717, 1.165) is 18.4 Å². The van der Waals surface area contributed by atoms with Gasteiger partial charge in [-0.05, 0) is 36.5 Å². The number of methoxy groups -OCH3 is 1.